The van der Waals surface area contributed by atoms with E-state index in [0.717, 1.165) is 19.3 Å². The van der Waals surface area contributed by atoms with Crippen LogP contribution in [0.25, 0.3) is 0 Å². The van der Waals surface area contributed by atoms with E-state index in [1.165, 1.54) is 0 Å². The second kappa shape index (κ2) is 6.33. The molecule has 0 aromatic heterocycles. The number of halogens is 3. The summed E-state index contributed by atoms with van der Waals surface area (Å²) < 4.78 is 38.1. The first-order chi connectivity index (χ1) is 9.38. The third kappa shape index (κ3) is 3.87. The predicted molar refractivity (Wildman–Crippen MR) is 67.9 cm³/mol. The minimum atomic E-state index is -4.19. The fraction of sp³-hybridized carbons (Fsp3) is 0.929. The van der Waals surface area contributed by atoms with Gasteiger partial charge in [0, 0.05) is 18.4 Å². The van der Waals surface area contributed by atoms with Gasteiger partial charge in [-0.25, -0.2) is 0 Å². The van der Waals surface area contributed by atoms with E-state index in [9.17, 15) is 23.1 Å². The molecule has 2 aliphatic rings. The minimum Gasteiger partial charge on any atom is -0.393 e. The van der Waals surface area contributed by atoms with Crippen LogP contribution in [0, 0.1) is 17.8 Å². The Hall–Kier alpha value is -0.780. The lowest BCUT2D eigenvalue weighted by atomic mass is 9.80. The van der Waals surface area contributed by atoms with Gasteiger partial charge in [-0.2, -0.15) is 13.2 Å². The molecule has 2 rings (SSSR count). The van der Waals surface area contributed by atoms with Crippen LogP contribution in [0.1, 0.15) is 44.9 Å². The van der Waals surface area contributed by atoms with Crippen LogP contribution in [0.15, 0.2) is 0 Å². The van der Waals surface area contributed by atoms with Gasteiger partial charge >= 0.3 is 6.18 Å². The molecule has 2 N–H and O–H groups in total. The lowest BCUT2D eigenvalue weighted by Crippen LogP contribution is -2.40. The highest BCUT2D eigenvalue weighted by Gasteiger charge is 2.43. The van der Waals surface area contributed by atoms with Crippen LogP contribution in [-0.2, 0) is 4.79 Å². The normalized spacial score (nSPS) is 35.0. The van der Waals surface area contributed by atoms with Gasteiger partial charge in [0.1, 0.15) is 0 Å². The Kier molecular flexibility index (Phi) is 4.94. The molecule has 0 aliphatic heterocycles. The van der Waals surface area contributed by atoms with Crippen molar-refractivity contribution in [1.29, 1.82) is 0 Å². The van der Waals surface area contributed by atoms with Crippen LogP contribution < -0.4 is 5.32 Å². The van der Waals surface area contributed by atoms with Crippen molar-refractivity contribution in [3.63, 3.8) is 0 Å². The molecule has 0 aromatic carbocycles. The van der Waals surface area contributed by atoms with E-state index in [4.69, 9.17) is 0 Å². The Morgan fingerprint density at radius 2 is 1.85 bits per heavy atom. The average Bonchev–Trinajstić information content (AvgIpc) is 2.81. The van der Waals surface area contributed by atoms with Gasteiger partial charge in [0.25, 0.3) is 0 Å². The van der Waals surface area contributed by atoms with Crippen molar-refractivity contribution in [2.24, 2.45) is 17.8 Å². The van der Waals surface area contributed by atoms with Gasteiger partial charge in [0.15, 0.2) is 0 Å². The second-order valence-electron chi connectivity index (χ2n) is 6.11. The van der Waals surface area contributed by atoms with Crippen LogP contribution in [0.2, 0.25) is 0 Å². The van der Waals surface area contributed by atoms with E-state index < -0.39 is 18.0 Å². The van der Waals surface area contributed by atoms with Crippen molar-refractivity contribution in [3.8, 4) is 0 Å². The van der Waals surface area contributed by atoms with Crippen molar-refractivity contribution in [2.75, 3.05) is 6.54 Å². The molecule has 116 valence electrons. The van der Waals surface area contributed by atoms with Crippen LogP contribution in [-0.4, -0.2) is 29.8 Å². The highest BCUT2D eigenvalue weighted by molar-refractivity contribution is 5.78. The molecule has 2 aliphatic carbocycles. The third-order valence-corrected chi connectivity index (χ3v) is 4.67. The summed E-state index contributed by atoms with van der Waals surface area (Å²) in [6.07, 6.45) is -0.985. The Morgan fingerprint density at radius 3 is 2.45 bits per heavy atom. The van der Waals surface area contributed by atoms with Gasteiger partial charge in [0.05, 0.1) is 12.0 Å². The van der Waals surface area contributed by atoms with E-state index in [0.29, 0.717) is 19.4 Å². The molecule has 2 fully saturated rings. The third-order valence-electron chi connectivity index (χ3n) is 4.67. The lowest BCUT2D eigenvalue weighted by Gasteiger charge is -2.30. The first-order valence-corrected chi connectivity index (χ1v) is 7.40. The summed E-state index contributed by atoms with van der Waals surface area (Å²) in [7, 11) is 0. The fourth-order valence-corrected chi connectivity index (χ4v) is 3.36. The van der Waals surface area contributed by atoms with Gasteiger partial charge in [-0.15, -0.1) is 0 Å². The van der Waals surface area contributed by atoms with Gasteiger partial charge in [-0.1, -0.05) is 12.8 Å². The molecule has 0 aromatic rings. The number of hydrogen-bond acceptors (Lipinski definition) is 2. The number of alkyl halides is 3. The molecule has 4 atom stereocenters. The molecule has 4 unspecified atom stereocenters. The number of nitrogens with one attached hydrogen (secondary N) is 1. The van der Waals surface area contributed by atoms with Gasteiger partial charge in [0.2, 0.25) is 5.91 Å². The zero-order valence-corrected chi connectivity index (χ0v) is 11.5. The summed E-state index contributed by atoms with van der Waals surface area (Å²) in [5.74, 6) is -2.10. The van der Waals surface area contributed by atoms with Gasteiger partial charge in [-0.05, 0) is 32.1 Å². The number of aliphatic hydroxyl groups is 1. The molecular formula is C14H22F3NO2. The molecule has 0 radical (unpaired) electrons. The molecule has 0 heterocycles. The van der Waals surface area contributed by atoms with Crippen LogP contribution in [0.4, 0.5) is 13.2 Å². The van der Waals surface area contributed by atoms with E-state index in [2.05, 4.69) is 5.32 Å². The van der Waals surface area contributed by atoms with E-state index in [1.807, 2.05) is 0 Å². The van der Waals surface area contributed by atoms with Gasteiger partial charge < -0.3 is 10.4 Å². The number of aliphatic hydroxyl groups excluding tert-OH is 1. The largest absolute Gasteiger partial charge is 0.393 e. The smallest absolute Gasteiger partial charge is 0.391 e. The first kappa shape index (κ1) is 15.6. The van der Waals surface area contributed by atoms with Crippen molar-refractivity contribution in [1.82, 2.24) is 5.32 Å². The maximum absolute atomic E-state index is 12.7. The topological polar surface area (TPSA) is 49.3 Å². The Balaban J connectivity index is 1.80. The van der Waals surface area contributed by atoms with Crippen LogP contribution in [0.3, 0.4) is 0 Å². The molecule has 2 saturated carbocycles. The molecule has 0 bridgehead atoms. The van der Waals surface area contributed by atoms with Crippen LogP contribution in [0.5, 0.6) is 0 Å². The Bertz CT molecular complexity index is 346. The van der Waals surface area contributed by atoms with Crippen molar-refractivity contribution >= 4 is 5.91 Å². The van der Waals surface area contributed by atoms with Crippen molar-refractivity contribution < 1.29 is 23.1 Å². The molecule has 3 nitrogen and oxygen atoms in total. The number of carbonyl (C=O) groups excluding carboxylic acids is 1. The summed E-state index contributed by atoms with van der Waals surface area (Å²) in [6.45, 7) is 0.382. The zero-order chi connectivity index (χ0) is 14.8. The number of rotatable bonds is 3. The molecule has 0 spiro atoms. The number of amides is 1. The SMILES string of the molecule is O=C(NCC1CCCC1O)C1CCCC(C(F)(F)F)C1. The summed E-state index contributed by atoms with van der Waals surface area (Å²) in [5, 5.41) is 12.4. The lowest BCUT2D eigenvalue weighted by molar-refractivity contribution is -0.186. The second-order valence-corrected chi connectivity index (χ2v) is 6.11. The number of hydrogen-bond donors (Lipinski definition) is 2. The predicted octanol–water partition coefficient (Wildman–Crippen LogP) is 2.63. The molecule has 6 heteroatoms. The van der Waals surface area contributed by atoms with E-state index in [-0.39, 0.29) is 30.8 Å². The highest BCUT2D eigenvalue weighted by Crippen LogP contribution is 2.40. The van der Waals surface area contributed by atoms with Gasteiger partial charge in [-0.3, -0.25) is 4.79 Å². The molecule has 1 amide bonds. The van der Waals surface area contributed by atoms with E-state index >= 15 is 0 Å². The Labute approximate surface area is 116 Å². The van der Waals surface area contributed by atoms with E-state index in [1.54, 1.807) is 0 Å². The van der Waals surface area contributed by atoms with Crippen molar-refractivity contribution in [2.45, 2.75) is 57.2 Å². The van der Waals surface area contributed by atoms with Crippen LogP contribution >= 0.6 is 0 Å². The summed E-state index contributed by atoms with van der Waals surface area (Å²) in [6, 6.07) is 0. The number of carbonyl (C=O) groups is 1. The minimum absolute atomic E-state index is 0.0564. The van der Waals surface area contributed by atoms with Crippen molar-refractivity contribution in [3.05, 3.63) is 0 Å². The standard InChI is InChI=1S/C14H22F3NO2/c15-14(16,17)11-5-1-3-9(7-11)13(20)18-8-10-4-2-6-12(10)19/h9-12,19H,1-8H2,(H,18,20). The molecule has 20 heavy (non-hydrogen) atoms. The Morgan fingerprint density at radius 1 is 1.15 bits per heavy atom. The monoisotopic (exact) mass is 293 g/mol. The quantitative estimate of drug-likeness (QED) is 0.840. The highest BCUT2D eigenvalue weighted by atomic mass is 19.4. The zero-order valence-electron chi connectivity index (χ0n) is 11.5. The molecular weight excluding hydrogens is 271 g/mol. The first-order valence-electron chi connectivity index (χ1n) is 7.40. The summed E-state index contributed by atoms with van der Waals surface area (Å²) in [4.78, 5) is 12.0. The summed E-state index contributed by atoms with van der Waals surface area (Å²) >= 11 is 0. The molecule has 0 saturated heterocycles. The summed E-state index contributed by atoms with van der Waals surface area (Å²) in [5.41, 5.74) is 0. The maximum Gasteiger partial charge on any atom is 0.391 e. The fourth-order valence-electron chi connectivity index (χ4n) is 3.36. The average molecular weight is 293 g/mol. The maximum atomic E-state index is 12.7.